The van der Waals surface area contributed by atoms with Gasteiger partial charge in [0.25, 0.3) is 0 Å². The van der Waals surface area contributed by atoms with Gasteiger partial charge < -0.3 is 24.7 Å². The number of thiophene rings is 1. The van der Waals surface area contributed by atoms with Gasteiger partial charge in [-0.1, -0.05) is 30.0 Å². The highest BCUT2D eigenvalue weighted by atomic mass is 32.1. The molecule has 3 aromatic rings. The number of ketones is 1. The Kier molecular flexibility index (Phi) is 8.45. The zero-order valence-corrected chi connectivity index (χ0v) is 23.2. The molecule has 10 heteroatoms. The molecule has 2 fully saturated rings. The fraction of sp³-hybridized carbons (Fsp3) is 0.400. The van der Waals surface area contributed by atoms with Crippen molar-refractivity contribution < 1.29 is 24.5 Å². The number of morpholine rings is 1. The van der Waals surface area contributed by atoms with E-state index >= 15 is 0 Å². The number of aliphatic hydroxyl groups is 1. The number of hydrogen-bond acceptors (Lipinski definition) is 9. The van der Waals surface area contributed by atoms with Gasteiger partial charge in [0.15, 0.2) is 17.4 Å². The third-order valence-electron chi connectivity index (χ3n) is 7.07. The molecule has 0 radical (unpaired) electrons. The maximum atomic E-state index is 12.5. The smallest absolute Gasteiger partial charge is 0.223 e. The molecule has 40 heavy (non-hydrogen) atoms. The molecule has 0 unspecified atom stereocenters. The second-order valence-electron chi connectivity index (χ2n) is 9.97. The molecule has 2 saturated heterocycles. The number of nitrogens with zero attached hydrogens (tertiary/aromatic N) is 4. The summed E-state index contributed by atoms with van der Waals surface area (Å²) in [5, 5.41) is 21.1. The normalized spacial score (nSPS) is 17.1. The van der Waals surface area contributed by atoms with Crippen molar-refractivity contribution in [2.24, 2.45) is 0 Å². The topological polar surface area (TPSA) is 116 Å². The number of anilines is 1. The molecule has 0 aliphatic carbocycles. The van der Waals surface area contributed by atoms with Gasteiger partial charge in [-0.3, -0.25) is 9.59 Å². The lowest BCUT2D eigenvalue weighted by molar-refractivity contribution is -0.135. The molecule has 0 saturated carbocycles. The van der Waals surface area contributed by atoms with E-state index in [0.717, 1.165) is 26.5 Å². The number of aromatic hydroxyl groups is 1. The van der Waals surface area contributed by atoms with Gasteiger partial charge in [-0.15, -0.1) is 11.3 Å². The number of phenolic OH excluding ortho intramolecular Hbond substituents is 1. The van der Waals surface area contributed by atoms with E-state index in [2.05, 4.69) is 16.7 Å². The first kappa shape index (κ1) is 27.8. The van der Waals surface area contributed by atoms with Gasteiger partial charge >= 0.3 is 0 Å². The van der Waals surface area contributed by atoms with Crippen LogP contribution in [0.3, 0.4) is 0 Å². The average molecular weight is 561 g/mol. The van der Waals surface area contributed by atoms with Crippen LogP contribution in [0.2, 0.25) is 0 Å². The second kappa shape index (κ2) is 12.2. The Morgan fingerprint density at radius 1 is 1.12 bits per heavy atom. The molecule has 2 aliphatic rings. The highest BCUT2D eigenvalue weighted by Gasteiger charge is 2.32. The summed E-state index contributed by atoms with van der Waals surface area (Å²) in [6.07, 6.45) is 4.21. The van der Waals surface area contributed by atoms with Crippen molar-refractivity contribution in [3.8, 4) is 29.0 Å². The summed E-state index contributed by atoms with van der Waals surface area (Å²) < 4.78 is 6.45. The summed E-state index contributed by atoms with van der Waals surface area (Å²) in [5.41, 5.74) is 0.278. The standard InChI is InChI=1S/C30H32N4O5S/c1-2-4-22(35)7-8-26(37)33-13-11-30(38,12-14-33)10-9-24-20-25-27(40-24)29(34-15-17-39-18-16-34)32-28(31-25)21-5-3-6-23(36)19-21/h2-6,19-20,36,38H,7-8,11-18H2,1H3/b4-2+. The fourth-order valence-corrected chi connectivity index (χ4v) is 5.79. The number of rotatable bonds is 6. The van der Waals surface area contributed by atoms with Crippen molar-refractivity contribution >= 4 is 39.1 Å². The zero-order valence-electron chi connectivity index (χ0n) is 22.4. The number of likely N-dealkylation sites (tertiary alicyclic amines) is 1. The summed E-state index contributed by atoms with van der Waals surface area (Å²) >= 11 is 1.49. The number of carbonyl (C=O) groups excluding carboxylic acids is 2. The van der Waals surface area contributed by atoms with E-state index in [1.807, 2.05) is 12.1 Å². The van der Waals surface area contributed by atoms with E-state index in [9.17, 15) is 19.8 Å². The molecule has 4 heterocycles. The monoisotopic (exact) mass is 560 g/mol. The van der Waals surface area contributed by atoms with Gasteiger partial charge in [0.05, 0.1) is 28.3 Å². The second-order valence-corrected chi connectivity index (χ2v) is 11.0. The van der Waals surface area contributed by atoms with Gasteiger partial charge in [-0.05, 0) is 31.2 Å². The molecule has 2 aliphatic heterocycles. The van der Waals surface area contributed by atoms with E-state index in [1.54, 1.807) is 36.1 Å². The van der Waals surface area contributed by atoms with E-state index in [-0.39, 0.29) is 30.3 Å². The van der Waals surface area contributed by atoms with Crippen LogP contribution in [-0.4, -0.2) is 81.8 Å². The molecule has 2 N–H and O–H groups in total. The summed E-state index contributed by atoms with van der Waals surface area (Å²) in [5.74, 6) is 7.55. The third kappa shape index (κ3) is 6.50. The number of ether oxygens (including phenoxy) is 1. The lowest BCUT2D eigenvalue weighted by Gasteiger charge is -2.35. The molecule has 208 valence electrons. The van der Waals surface area contributed by atoms with Gasteiger partial charge in [-0.2, -0.15) is 0 Å². The van der Waals surface area contributed by atoms with Crippen molar-refractivity contribution in [1.82, 2.24) is 14.9 Å². The number of hydrogen-bond donors (Lipinski definition) is 2. The van der Waals surface area contributed by atoms with Crippen molar-refractivity contribution in [2.45, 2.75) is 38.2 Å². The third-order valence-corrected chi connectivity index (χ3v) is 8.10. The van der Waals surface area contributed by atoms with Crippen molar-refractivity contribution in [3.63, 3.8) is 0 Å². The van der Waals surface area contributed by atoms with Crippen LogP contribution >= 0.6 is 11.3 Å². The molecule has 9 nitrogen and oxygen atoms in total. The lowest BCUT2D eigenvalue weighted by atomic mass is 9.91. The maximum absolute atomic E-state index is 12.5. The molecule has 0 atom stereocenters. The van der Waals surface area contributed by atoms with Crippen molar-refractivity contribution in [1.29, 1.82) is 0 Å². The van der Waals surface area contributed by atoms with Crippen LogP contribution in [0.5, 0.6) is 5.75 Å². The highest BCUT2D eigenvalue weighted by molar-refractivity contribution is 7.20. The summed E-state index contributed by atoms with van der Waals surface area (Å²) in [7, 11) is 0. The number of carbonyl (C=O) groups is 2. The Bertz CT molecular complexity index is 1490. The Labute approximate surface area is 237 Å². The van der Waals surface area contributed by atoms with Crippen molar-refractivity contribution in [2.75, 3.05) is 44.3 Å². The maximum Gasteiger partial charge on any atom is 0.223 e. The van der Waals surface area contributed by atoms with Crippen LogP contribution in [0.25, 0.3) is 21.6 Å². The molecule has 0 spiro atoms. The summed E-state index contributed by atoms with van der Waals surface area (Å²) in [4.78, 5) is 38.5. The SMILES string of the molecule is C/C=C/C(=O)CCC(=O)N1CCC(O)(C#Cc2cc3nc(-c4cccc(O)c4)nc(N4CCOCC4)c3s2)CC1. The largest absolute Gasteiger partial charge is 0.508 e. The Balaban J connectivity index is 1.35. The van der Waals surface area contributed by atoms with E-state index in [4.69, 9.17) is 14.7 Å². The van der Waals surface area contributed by atoms with Crippen LogP contribution < -0.4 is 4.90 Å². The molecule has 1 aromatic carbocycles. The first-order chi connectivity index (χ1) is 19.3. The predicted octanol–water partition coefficient (Wildman–Crippen LogP) is 3.53. The van der Waals surface area contributed by atoms with E-state index < -0.39 is 5.60 Å². The van der Waals surface area contributed by atoms with Crippen LogP contribution in [0, 0.1) is 11.8 Å². The first-order valence-corrected chi connectivity index (χ1v) is 14.3. The minimum absolute atomic E-state index is 0.0610. The van der Waals surface area contributed by atoms with Crippen LogP contribution in [0.1, 0.15) is 37.5 Å². The van der Waals surface area contributed by atoms with Crippen LogP contribution in [0.15, 0.2) is 42.5 Å². The van der Waals surface area contributed by atoms with Gasteiger partial charge in [0, 0.05) is 57.4 Å². The minimum Gasteiger partial charge on any atom is -0.508 e. The number of allylic oxidation sites excluding steroid dienone is 2. The van der Waals surface area contributed by atoms with Crippen LogP contribution in [-0.2, 0) is 14.3 Å². The van der Waals surface area contributed by atoms with Gasteiger partial charge in [0.2, 0.25) is 5.91 Å². The zero-order chi connectivity index (χ0) is 28.1. The number of benzene rings is 1. The summed E-state index contributed by atoms with van der Waals surface area (Å²) in [6, 6.07) is 8.79. The molecule has 1 amide bonds. The highest BCUT2D eigenvalue weighted by Crippen LogP contribution is 2.35. The lowest BCUT2D eigenvalue weighted by Crippen LogP contribution is -2.46. The number of phenols is 1. The summed E-state index contributed by atoms with van der Waals surface area (Å²) in [6.45, 7) is 5.22. The van der Waals surface area contributed by atoms with E-state index in [1.165, 1.54) is 17.4 Å². The molecule has 5 rings (SSSR count). The molecular weight excluding hydrogens is 528 g/mol. The number of amides is 1. The average Bonchev–Trinajstić information content (AvgIpc) is 3.39. The van der Waals surface area contributed by atoms with Crippen molar-refractivity contribution in [3.05, 3.63) is 47.4 Å². The first-order valence-electron chi connectivity index (χ1n) is 13.5. The molecule has 0 bridgehead atoms. The Morgan fingerprint density at radius 2 is 1.90 bits per heavy atom. The Morgan fingerprint density at radius 3 is 2.62 bits per heavy atom. The predicted molar refractivity (Wildman–Crippen MR) is 154 cm³/mol. The number of fused-ring (bicyclic) bond motifs is 1. The minimum atomic E-state index is -1.20. The molecular formula is C30H32N4O5S. The van der Waals surface area contributed by atoms with Crippen LogP contribution in [0.4, 0.5) is 5.82 Å². The number of aromatic nitrogens is 2. The molecule has 2 aromatic heterocycles. The number of piperidine rings is 1. The van der Waals surface area contributed by atoms with E-state index in [0.29, 0.717) is 58.1 Å². The fourth-order valence-electron chi connectivity index (χ4n) is 4.83. The Hall–Kier alpha value is -3.78. The van der Waals surface area contributed by atoms with Gasteiger partial charge in [-0.25, -0.2) is 9.97 Å². The quantitative estimate of drug-likeness (QED) is 0.348. The van der Waals surface area contributed by atoms with Gasteiger partial charge in [0.1, 0.15) is 11.4 Å².